The second-order valence-electron chi connectivity index (χ2n) is 8.45. The molecule has 0 saturated heterocycles. The average molecular weight is 472 g/mol. The lowest BCUT2D eigenvalue weighted by atomic mass is 10.0. The van der Waals surface area contributed by atoms with E-state index in [1.165, 1.54) is 12.1 Å². The number of hydrogen-bond donors (Lipinski definition) is 1. The first-order chi connectivity index (χ1) is 16.4. The quantitative estimate of drug-likeness (QED) is 0.349. The van der Waals surface area contributed by atoms with E-state index in [0.717, 1.165) is 33.3 Å². The molecule has 5 aromatic rings. The molecule has 0 bridgehead atoms. The lowest BCUT2D eigenvalue weighted by molar-refractivity contribution is 0.446. The summed E-state index contributed by atoms with van der Waals surface area (Å²) in [5.41, 5.74) is 2.36. The standard InChI is InChI=1S/C27H18FNO4S/c1-14-5-11-18(12-6-14)34-25-23(30)21-24(33-27(25)32)19-4-2-3-16-13-20(29(22(16)19)26(21)31)15-7-9-17(28)10-8-15/h2-12,20,30H,13H2,1H3. The number of hydrogen-bond acceptors (Lipinski definition) is 5. The predicted octanol–water partition coefficient (Wildman–Crippen LogP) is 5.56. The highest BCUT2D eigenvalue weighted by molar-refractivity contribution is 7.99. The van der Waals surface area contributed by atoms with Crippen LogP contribution in [-0.2, 0) is 6.42 Å². The Morgan fingerprint density at radius 1 is 1.03 bits per heavy atom. The van der Waals surface area contributed by atoms with Gasteiger partial charge in [-0.1, -0.05) is 53.7 Å². The van der Waals surface area contributed by atoms with Crippen LogP contribution in [-0.4, -0.2) is 9.67 Å². The zero-order chi connectivity index (χ0) is 23.6. The van der Waals surface area contributed by atoms with E-state index in [4.69, 9.17) is 4.42 Å². The summed E-state index contributed by atoms with van der Waals surface area (Å²) in [6.07, 6.45) is 0.532. The number of rotatable bonds is 3. The van der Waals surface area contributed by atoms with Gasteiger partial charge in [-0.3, -0.25) is 9.36 Å². The molecule has 0 radical (unpaired) electrons. The first-order valence-electron chi connectivity index (χ1n) is 10.8. The largest absolute Gasteiger partial charge is 0.505 e. The smallest absolute Gasteiger partial charge is 0.354 e. The van der Waals surface area contributed by atoms with Crippen LogP contribution in [0.25, 0.3) is 21.9 Å². The maximum Gasteiger partial charge on any atom is 0.354 e. The van der Waals surface area contributed by atoms with Crippen molar-refractivity contribution in [2.45, 2.75) is 29.2 Å². The molecule has 1 N–H and O–H groups in total. The molecule has 1 atom stereocenters. The molecule has 6 rings (SSSR count). The molecule has 0 spiro atoms. The molecule has 34 heavy (non-hydrogen) atoms. The van der Waals surface area contributed by atoms with Crippen LogP contribution < -0.4 is 11.2 Å². The van der Waals surface area contributed by atoms with Gasteiger partial charge in [0.2, 0.25) is 0 Å². The van der Waals surface area contributed by atoms with Crippen molar-refractivity contribution in [3.05, 3.63) is 110 Å². The number of aromatic nitrogens is 1. The van der Waals surface area contributed by atoms with Crippen LogP contribution in [0.3, 0.4) is 0 Å². The highest BCUT2D eigenvalue weighted by Gasteiger charge is 2.31. The minimum absolute atomic E-state index is 0.0342. The Balaban J connectivity index is 1.63. The fourth-order valence-electron chi connectivity index (χ4n) is 4.70. The number of benzene rings is 3. The molecule has 1 aliphatic heterocycles. The van der Waals surface area contributed by atoms with Gasteiger partial charge in [0.05, 0.1) is 11.6 Å². The number of para-hydroxylation sites is 1. The third-order valence-electron chi connectivity index (χ3n) is 6.32. The Morgan fingerprint density at radius 2 is 1.76 bits per heavy atom. The summed E-state index contributed by atoms with van der Waals surface area (Å²) in [5.74, 6) is -0.741. The van der Waals surface area contributed by atoms with Crippen LogP contribution in [0.2, 0.25) is 0 Å². The van der Waals surface area contributed by atoms with Crippen molar-refractivity contribution in [1.29, 1.82) is 0 Å². The topological polar surface area (TPSA) is 72.4 Å². The van der Waals surface area contributed by atoms with Crippen molar-refractivity contribution in [3.63, 3.8) is 0 Å². The van der Waals surface area contributed by atoms with Crippen LogP contribution in [0, 0.1) is 12.7 Å². The summed E-state index contributed by atoms with van der Waals surface area (Å²) >= 11 is 1.06. The van der Waals surface area contributed by atoms with Crippen molar-refractivity contribution in [2.24, 2.45) is 0 Å². The van der Waals surface area contributed by atoms with E-state index in [1.54, 1.807) is 22.8 Å². The zero-order valence-corrected chi connectivity index (χ0v) is 18.9. The van der Waals surface area contributed by atoms with Crippen molar-refractivity contribution in [1.82, 2.24) is 4.57 Å². The summed E-state index contributed by atoms with van der Waals surface area (Å²) in [7, 11) is 0. The van der Waals surface area contributed by atoms with Gasteiger partial charge in [0, 0.05) is 10.3 Å². The number of nitrogens with zero attached hydrogens (tertiary/aromatic N) is 1. The van der Waals surface area contributed by atoms with E-state index in [2.05, 4.69) is 0 Å². The highest BCUT2D eigenvalue weighted by Crippen LogP contribution is 2.41. The fraction of sp³-hybridized carbons (Fsp3) is 0.111. The highest BCUT2D eigenvalue weighted by atomic mass is 32.2. The lowest BCUT2D eigenvalue weighted by Crippen LogP contribution is -2.24. The number of fused-ring (bicyclic) bond motifs is 2. The molecule has 2 aromatic heterocycles. The second-order valence-corrected chi connectivity index (χ2v) is 9.53. The van der Waals surface area contributed by atoms with E-state index in [-0.39, 0.29) is 33.5 Å². The monoisotopic (exact) mass is 471 g/mol. The number of halogens is 1. The van der Waals surface area contributed by atoms with Crippen molar-refractivity contribution >= 4 is 33.6 Å². The SMILES string of the molecule is Cc1ccc(Sc2c(O)c3c(=O)n4c5c(cccc5c3oc2=O)CC4c2ccc(F)cc2)cc1. The second kappa shape index (κ2) is 7.60. The Morgan fingerprint density at radius 3 is 2.50 bits per heavy atom. The summed E-state index contributed by atoms with van der Waals surface area (Å²) in [6, 6.07) is 18.7. The number of pyridine rings is 1. The van der Waals surface area contributed by atoms with Crippen LogP contribution in [0.1, 0.15) is 22.7 Å². The van der Waals surface area contributed by atoms with Crippen LogP contribution in [0.5, 0.6) is 5.75 Å². The minimum atomic E-state index is -0.700. The van der Waals surface area contributed by atoms with Gasteiger partial charge in [-0.25, -0.2) is 9.18 Å². The summed E-state index contributed by atoms with van der Waals surface area (Å²) < 4.78 is 20.8. The molecule has 0 saturated carbocycles. The molecule has 7 heteroatoms. The molecule has 3 heterocycles. The normalized spacial score (nSPS) is 14.8. The lowest BCUT2D eigenvalue weighted by Gasteiger charge is -2.17. The Hall–Kier alpha value is -3.84. The van der Waals surface area contributed by atoms with Gasteiger partial charge < -0.3 is 9.52 Å². The minimum Gasteiger partial charge on any atom is -0.505 e. The Labute approximate surface area is 197 Å². The van der Waals surface area contributed by atoms with Crippen LogP contribution >= 0.6 is 11.8 Å². The number of aryl methyl sites for hydroxylation is 1. The van der Waals surface area contributed by atoms with Crippen molar-refractivity contribution < 1.29 is 13.9 Å². The maximum atomic E-state index is 13.8. The third-order valence-corrected chi connectivity index (χ3v) is 7.39. The molecule has 0 amide bonds. The molecule has 3 aromatic carbocycles. The van der Waals surface area contributed by atoms with Gasteiger partial charge in [-0.15, -0.1) is 0 Å². The van der Waals surface area contributed by atoms with Gasteiger partial charge in [-0.2, -0.15) is 0 Å². The van der Waals surface area contributed by atoms with E-state index in [1.807, 2.05) is 43.3 Å². The summed E-state index contributed by atoms with van der Waals surface area (Å²) in [5, 5.41) is 11.7. The van der Waals surface area contributed by atoms with Crippen LogP contribution in [0.15, 0.2) is 90.5 Å². The van der Waals surface area contributed by atoms with E-state index >= 15 is 0 Å². The fourth-order valence-corrected chi connectivity index (χ4v) is 5.54. The van der Waals surface area contributed by atoms with Gasteiger partial charge in [0.25, 0.3) is 5.56 Å². The van der Waals surface area contributed by atoms with Gasteiger partial charge in [0.1, 0.15) is 16.1 Å². The van der Waals surface area contributed by atoms with Crippen molar-refractivity contribution in [3.8, 4) is 5.75 Å². The maximum absolute atomic E-state index is 13.8. The molecular formula is C27H18FNO4S. The average Bonchev–Trinajstić information content (AvgIpc) is 3.22. The predicted molar refractivity (Wildman–Crippen MR) is 129 cm³/mol. The Kier molecular flexibility index (Phi) is 4.64. The van der Waals surface area contributed by atoms with Crippen LogP contribution in [0.4, 0.5) is 4.39 Å². The molecular weight excluding hydrogens is 453 g/mol. The molecule has 5 nitrogen and oxygen atoms in total. The Bertz CT molecular complexity index is 1720. The molecule has 0 fully saturated rings. The van der Waals surface area contributed by atoms with Gasteiger partial charge in [-0.05, 0) is 54.8 Å². The number of aromatic hydroxyl groups is 1. The zero-order valence-electron chi connectivity index (χ0n) is 18.0. The first-order valence-corrected chi connectivity index (χ1v) is 11.6. The summed E-state index contributed by atoms with van der Waals surface area (Å²) in [4.78, 5) is 27.4. The first kappa shape index (κ1) is 20.7. The van der Waals surface area contributed by atoms with E-state index in [0.29, 0.717) is 17.3 Å². The van der Waals surface area contributed by atoms with Gasteiger partial charge in [0.15, 0.2) is 11.3 Å². The molecule has 1 unspecified atom stereocenters. The van der Waals surface area contributed by atoms with E-state index in [9.17, 15) is 19.1 Å². The van der Waals surface area contributed by atoms with Crippen molar-refractivity contribution in [2.75, 3.05) is 0 Å². The molecule has 0 aliphatic carbocycles. The summed E-state index contributed by atoms with van der Waals surface area (Å²) in [6.45, 7) is 1.96. The van der Waals surface area contributed by atoms with E-state index < -0.39 is 11.2 Å². The third kappa shape index (κ3) is 3.08. The molecule has 1 aliphatic rings. The molecule has 168 valence electrons. The van der Waals surface area contributed by atoms with Gasteiger partial charge >= 0.3 is 5.63 Å².